The van der Waals surface area contributed by atoms with Crippen LogP contribution in [-0.4, -0.2) is 23.6 Å². The van der Waals surface area contributed by atoms with E-state index in [4.69, 9.17) is 16.3 Å². The summed E-state index contributed by atoms with van der Waals surface area (Å²) < 4.78 is 45.0. The van der Waals surface area contributed by atoms with E-state index in [1.165, 1.54) is 6.07 Å². The zero-order valence-corrected chi connectivity index (χ0v) is 16.0. The van der Waals surface area contributed by atoms with Crippen LogP contribution in [0.1, 0.15) is 5.56 Å². The number of hydrogen-bond donors (Lipinski definition) is 2. The molecule has 0 fully saturated rings. The van der Waals surface area contributed by atoms with Crippen LogP contribution in [-0.2, 0) is 6.18 Å². The van der Waals surface area contributed by atoms with E-state index in [9.17, 15) is 18.3 Å². The molecule has 7 heteroatoms. The molecule has 0 bridgehead atoms. The van der Waals surface area contributed by atoms with Gasteiger partial charge in [0.05, 0.1) is 23.2 Å². The van der Waals surface area contributed by atoms with E-state index in [0.29, 0.717) is 5.75 Å². The van der Waals surface area contributed by atoms with Crippen molar-refractivity contribution in [1.82, 2.24) is 0 Å². The zero-order chi connectivity index (χ0) is 20.9. The van der Waals surface area contributed by atoms with Gasteiger partial charge in [-0.3, -0.25) is 0 Å². The van der Waals surface area contributed by atoms with Crippen molar-refractivity contribution in [3.05, 3.63) is 78.4 Å². The lowest BCUT2D eigenvalue weighted by Gasteiger charge is -2.17. The van der Waals surface area contributed by atoms with Crippen molar-refractivity contribution in [2.45, 2.75) is 12.3 Å². The van der Waals surface area contributed by atoms with Gasteiger partial charge in [-0.1, -0.05) is 42.5 Å². The van der Waals surface area contributed by atoms with Crippen molar-refractivity contribution >= 4 is 17.3 Å². The van der Waals surface area contributed by atoms with Crippen molar-refractivity contribution < 1.29 is 23.0 Å². The maximum absolute atomic E-state index is 13.1. The Morgan fingerprint density at radius 2 is 1.59 bits per heavy atom. The summed E-state index contributed by atoms with van der Waals surface area (Å²) in [5.74, 6) is 0.654. The highest BCUT2D eigenvalue weighted by atomic mass is 35.5. The summed E-state index contributed by atoms with van der Waals surface area (Å²) in [5, 5.41) is 12.4. The average Bonchev–Trinajstić information content (AvgIpc) is 2.73. The molecular weight excluding hydrogens is 403 g/mol. The predicted molar refractivity (Wildman–Crippen MR) is 109 cm³/mol. The standard InChI is InChI=1S/C22H19ClF3NO2/c23-13-18(28)14-27-20-12-17(22(24,25)26)8-11-21(20)29-19-9-6-16(7-10-19)15-4-2-1-3-5-15/h1-12,18,27-28H,13-14H2. The fourth-order valence-electron chi connectivity index (χ4n) is 2.69. The fourth-order valence-corrected chi connectivity index (χ4v) is 2.80. The van der Waals surface area contributed by atoms with Crippen molar-refractivity contribution in [2.75, 3.05) is 17.7 Å². The fraction of sp³-hybridized carbons (Fsp3) is 0.182. The van der Waals surface area contributed by atoms with E-state index >= 15 is 0 Å². The number of nitrogens with one attached hydrogen (secondary N) is 1. The van der Waals surface area contributed by atoms with Crippen LogP contribution in [0, 0.1) is 0 Å². The SMILES string of the molecule is OC(CCl)CNc1cc(C(F)(F)F)ccc1Oc1ccc(-c2ccccc2)cc1. The van der Waals surface area contributed by atoms with Crippen LogP contribution in [0.5, 0.6) is 11.5 Å². The van der Waals surface area contributed by atoms with Crippen LogP contribution in [0.2, 0.25) is 0 Å². The van der Waals surface area contributed by atoms with E-state index in [-0.39, 0.29) is 23.9 Å². The predicted octanol–water partition coefficient (Wildman–Crippen LogP) is 6.18. The minimum Gasteiger partial charge on any atom is -0.455 e. The summed E-state index contributed by atoms with van der Waals surface area (Å²) in [6.45, 7) is -0.00584. The molecule has 0 heterocycles. The number of aliphatic hydroxyl groups is 1. The number of hydrogen-bond acceptors (Lipinski definition) is 3. The van der Waals surface area contributed by atoms with Gasteiger partial charge in [-0.25, -0.2) is 0 Å². The highest BCUT2D eigenvalue weighted by Gasteiger charge is 2.31. The molecule has 0 aliphatic carbocycles. The average molecular weight is 422 g/mol. The molecule has 3 nitrogen and oxygen atoms in total. The molecule has 0 amide bonds. The first-order chi connectivity index (χ1) is 13.9. The highest BCUT2D eigenvalue weighted by molar-refractivity contribution is 6.18. The number of ether oxygens (including phenoxy) is 1. The number of anilines is 1. The Labute approximate surface area is 171 Å². The lowest BCUT2D eigenvalue weighted by atomic mass is 10.1. The Balaban J connectivity index is 1.83. The normalized spacial score (nSPS) is 12.4. The first-order valence-corrected chi connectivity index (χ1v) is 9.43. The van der Waals surface area contributed by atoms with E-state index in [1.807, 2.05) is 42.5 Å². The third-order valence-corrected chi connectivity index (χ3v) is 4.56. The molecule has 0 aliphatic rings. The third kappa shape index (κ3) is 5.65. The Kier molecular flexibility index (Phi) is 6.67. The van der Waals surface area contributed by atoms with Gasteiger partial charge < -0.3 is 15.2 Å². The molecule has 3 aromatic rings. The Hall–Kier alpha value is -2.70. The number of aliphatic hydroxyl groups excluding tert-OH is 1. The summed E-state index contributed by atoms with van der Waals surface area (Å²) in [6.07, 6.45) is -5.39. The Bertz CT molecular complexity index is 931. The molecule has 0 saturated carbocycles. The van der Waals surface area contributed by atoms with Crippen molar-refractivity contribution in [3.63, 3.8) is 0 Å². The van der Waals surface area contributed by atoms with Crippen LogP contribution in [0.4, 0.5) is 18.9 Å². The van der Waals surface area contributed by atoms with E-state index in [1.54, 1.807) is 12.1 Å². The van der Waals surface area contributed by atoms with Gasteiger partial charge >= 0.3 is 6.18 Å². The lowest BCUT2D eigenvalue weighted by Crippen LogP contribution is -2.21. The van der Waals surface area contributed by atoms with Gasteiger partial charge in [0.2, 0.25) is 0 Å². The smallest absolute Gasteiger partial charge is 0.416 e. The maximum Gasteiger partial charge on any atom is 0.416 e. The highest BCUT2D eigenvalue weighted by Crippen LogP contribution is 2.37. The molecule has 1 atom stereocenters. The van der Waals surface area contributed by atoms with Gasteiger partial charge in [0.15, 0.2) is 5.75 Å². The maximum atomic E-state index is 13.1. The molecule has 1 unspecified atom stereocenters. The van der Waals surface area contributed by atoms with E-state index in [0.717, 1.165) is 23.3 Å². The largest absolute Gasteiger partial charge is 0.455 e. The van der Waals surface area contributed by atoms with Crippen molar-refractivity contribution in [3.8, 4) is 22.6 Å². The van der Waals surface area contributed by atoms with Crippen LogP contribution < -0.4 is 10.1 Å². The summed E-state index contributed by atoms with van der Waals surface area (Å²) in [5.41, 5.74) is 1.35. The second-order valence-corrected chi connectivity index (χ2v) is 6.70. The molecule has 0 spiro atoms. The Morgan fingerprint density at radius 3 is 2.21 bits per heavy atom. The number of halogens is 4. The van der Waals surface area contributed by atoms with Crippen molar-refractivity contribution in [1.29, 1.82) is 0 Å². The molecule has 3 rings (SSSR count). The van der Waals surface area contributed by atoms with Gasteiger partial charge in [0.1, 0.15) is 5.75 Å². The molecule has 0 aliphatic heterocycles. The van der Waals surface area contributed by atoms with Gasteiger partial charge in [-0.15, -0.1) is 11.6 Å². The molecule has 0 aromatic heterocycles. The molecule has 0 radical (unpaired) electrons. The molecule has 29 heavy (non-hydrogen) atoms. The van der Waals surface area contributed by atoms with E-state index in [2.05, 4.69) is 5.32 Å². The van der Waals surface area contributed by atoms with Crippen LogP contribution >= 0.6 is 11.6 Å². The monoisotopic (exact) mass is 421 g/mol. The molecular formula is C22H19ClF3NO2. The zero-order valence-electron chi connectivity index (χ0n) is 15.3. The van der Waals surface area contributed by atoms with Crippen LogP contribution in [0.3, 0.4) is 0 Å². The number of rotatable bonds is 7. The molecule has 3 aromatic carbocycles. The Morgan fingerprint density at radius 1 is 0.931 bits per heavy atom. The molecule has 152 valence electrons. The van der Waals surface area contributed by atoms with Gasteiger partial charge in [-0.2, -0.15) is 13.2 Å². The third-order valence-electron chi connectivity index (χ3n) is 4.20. The van der Waals surface area contributed by atoms with Gasteiger partial charge in [0, 0.05) is 6.54 Å². The van der Waals surface area contributed by atoms with Crippen molar-refractivity contribution in [2.24, 2.45) is 0 Å². The van der Waals surface area contributed by atoms with Crippen LogP contribution in [0.15, 0.2) is 72.8 Å². The minimum atomic E-state index is -4.49. The summed E-state index contributed by atoms with van der Waals surface area (Å²) in [6, 6.07) is 20.2. The number of alkyl halides is 4. The number of benzene rings is 3. The summed E-state index contributed by atoms with van der Waals surface area (Å²) in [4.78, 5) is 0. The second-order valence-electron chi connectivity index (χ2n) is 6.39. The second kappa shape index (κ2) is 9.20. The molecule has 2 N–H and O–H groups in total. The topological polar surface area (TPSA) is 41.5 Å². The summed E-state index contributed by atoms with van der Waals surface area (Å²) >= 11 is 5.56. The summed E-state index contributed by atoms with van der Waals surface area (Å²) in [7, 11) is 0. The molecule has 0 saturated heterocycles. The lowest BCUT2D eigenvalue weighted by molar-refractivity contribution is -0.137. The van der Waals surface area contributed by atoms with E-state index < -0.39 is 17.8 Å². The van der Waals surface area contributed by atoms with Crippen LogP contribution in [0.25, 0.3) is 11.1 Å². The quantitative estimate of drug-likeness (QED) is 0.448. The minimum absolute atomic E-state index is 0.00584. The first kappa shape index (κ1) is 21.0. The van der Waals surface area contributed by atoms with Gasteiger partial charge in [0.25, 0.3) is 0 Å². The van der Waals surface area contributed by atoms with Gasteiger partial charge in [-0.05, 0) is 41.5 Å². The first-order valence-electron chi connectivity index (χ1n) is 8.89.